The molecule has 0 aliphatic rings. The number of nitro benzene ring substituents is 2. The molecule has 0 fully saturated rings. The van der Waals surface area contributed by atoms with Crippen molar-refractivity contribution in [2.24, 2.45) is 0 Å². The molecule has 0 atom stereocenters. The summed E-state index contributed by atoms with van der Waals surface area (Å²) in [6, 6.07) is 1.32. The van der Waals surface area contributed by atoms with E-state index < -0.39 is 56.2 Å². The second-order valence-electron chi connectivity index (χ2n) is 5.53. The molecule has 15 heteroatoms. The molecular formula is C14H9F6N5O4. The lowest BCUT2D eigenvalue weighted by molar-refractivity contribution is -0.392. The van der Waals surface area contributed by atoms with E-state index in [1.807, 2.05) is 10.9 Å². The second-order valence-corrected chi connectivity index (χ2v) is 5.53. The summed E-state index contributed by atoms with van der Waals surface area (Å²) in [6.07, 6.45) is -9.86. The van der Waals surface area contributed by atoms with Crippen LogP contribution < -0.4 is 10.9 Å². The molecule has 1 aromatic carbocycles. The van der Waals surface area contributed by atoms with E-state index in [1.54, 1.807) is 0 Å². The molecule has 0 aliphatic carbocycles. The second kappa shape index (κ2) is 7.40. The average molecular weight is 425 g/mol. The number of anilines is 2. The largest absolute Gasteiger partial charge is 0.416 e. The van der Waals surface area contributed by atoms with Gasteiger partial charge in [0.15, 0.2) is 0 Å². The molecule has 2 N–H and O–H groups in total. The quantitative estimate of drug-likeness (QED) is 0.405. The van der Waals surface area contributed by atoms with Crippen molar-refractivity contribution in [1.29, 1.82) is 0 Å². The molecule has 0 aliphatic heterocycles. The topological polar surface area (TPSA) is 123 Å². The molecule has 0 amide bonds. The van der Waals surface area contributed by atoms with Gasteiger partial charge in [-0.05, 0) is 19.1 Å². The third kappa shape index (κ3) is 4.99. The number of nitrogens with zero attached hydrogens (tertiary/aromatic N) is 3. The summed E-state index contributed by atoms with van der Waals surface area (Å²) in [7, 11) is 0. The van der Waals surface area contributed by atoms with Crippen LogP contribution in [0.25, 0.3) is 0 Å². The summed E-state index contributed by atoms with van der Waals surface area (Å²) in [5, 5.41) is 22.2. The Bertz CT molecular complexity index is 941. The highest BCUT2D eigenvalue weighted by molar-refractivity contribution is 5.76. The average Bonchev–Trinajstić information content (AvgIpc) is 2.56. The Morgan fingerprint density at radius 2 is 1.28 bits per heavy atom. The highest BCUT2D eigenvalue weighted by Gasteiger charge is 2.38. The van der Waals surface area contributed by atoms with E-state index in [0.717, 1.165) is 0 Å². The van der Waals surface area contributed by atoms with Crippen molar-refractivity contribution in [3.05, 3.63) is 61.3 Å². The van der Waals surface area contributed by atoms with Gasteiger partial charge in [-0.25, -0.2) is 4.98 Å². The van der Waals surface area contributed by atoms with Crippen molar-refractivity contribution in [3.63, 3.8) is 0 Å². The van der Waals surface area contributed by atoms with E-state index in [9.17, 15) is 46.6 Å². The van der Waals surface area contributed by atoms with Crippen LogP contribution in [0.2, 0.25) is 0 Å². The van der Waals surface area contributed by atoms with Crippen molar-refractivity contribution >= 4 is 22.9 Å². The molecule has 0 unspecified atom stereocenters. The number of nitrogens with one attached hydrogen (secondary N) is 2. The van der Waals surface area contributed by atoms with E-state index >= 15 is 0 Å². The van der Waals surface area contributed by atoms with Gasteiger partial charge in [-0.3, -0.25) is 31.1 Å². The first-order valence-corrected chi connectivity index (χ1v) is 7.32. The third-order valence-corrected chi connectivity index (χ3v) is 3.41. The summed E-state index contributed by atoms with van der Waals surface area (Å²) >= 11 is 0. The van der Waals surface area contributed by atoms with E-state index in [0.29, 0.717) is 12.1 Å². The number of hydrazine groups is 1. The summed E-state index contributed by atoms with van der Waals surface area (Å²) in [4.78, 5) is 23.3. The van der Waals surface area contributed by atoms with Crippen molar-refractivity contribution in [2.45, 2.75) is 19.3 Å². The Hall–Kier alpha value is -3.65. The summed E-state index contributed by atoms with van der Waals surface area (Å²) in [6.45, 7) is 1.21. The number of aromatic nitrogens is 1. The number of halogens is 6. The van der Waals surface area contributed by atoms with E-state index in [-0.39, 0.29) is 17.8 Å². The first kappa shape index (κ1) is 21.6. The van der Waals surface area contributed by atoms with Crippen LogP contribution >= 0.6 is 0 Å². The molecule has 0 bridgehead atoms. The maximum Gasteiger partial charge on any atom is 0.416 e. The number of hydrogen-bond donors (Lipinski definition) is 2. The smallest absolute Gasteiger partial charge is 0.288 e. The van der Waals surface area contributed by atoms with Crippen LogP contribution in [0.4, 0.5) is 49.2 Å². The summed E-state index contributed by atoms with van der Waals surface area (Å²) < 4.78 is 77.1. The molecule has 2 rings (SSSR count). The fourth-order valence-electron chi connectivity index (χ4n) is 2.21. The molecule has 0 saturated heterocycles. The van der Waals surface area contributed by atoms with Gasteiger partial charge in [0, 0.05) is 17.8 Å². The predicted molar refractivity (Wildman–Crippen MR) is 86.0 cm³/mol. The monoisotopic (exact) mass is 425 g/mol. The van der Waals surface area contributed by atoms with Crippen molar-refractivity contribution in [3.8, 4) is 0 Å². The van der Waals surface area contributed by atoms with Crippen LogP contribution in [0.3, 0.4) is 0 Å². The molecule has 1 aromatic heterocycles. The molecule has 29 heavy (non-hydrogen) atoms. The maximum atomic E-state index is 12.9. The van der Waals surface area contributed by atoms with Gasteiger partial charge < -0.3 is 0 Å². The highest BCUT2D eigenvalue weighted by atomic mass is 19.4. The Labute approximate surface area is 156 Å². The van der Waals surface area contributed by atoms with Crippen LogP contribution in [0.1, 0.15) is 16.8 Å². The zero-order chi connectivity index (χ0) is 22.1. The minimum absolute atomic E-state index is 0.0574. The minimum Gasteiger partial charge on any atom is -0.288 e. The first-order chi connectivity index (χ1) is 13.2. The van der Waals surface area contributed by atoms with Crippen LogP contribution in [-0.4, -0.2) is 14.8 Å². The van der Waals surface area contributed by atoms with Crippen LogP contribution in [-0.2, 0) is 12.4 Å². The lowest BCUT2D eigenvalue weighted by Gasteiger charge is -2.14. The summed E-state index contributed by atoms with van der Waals surface area (Å²) in [5.74, 6) is -0.527. The van der Waals surface area contributed by atoms with E-state index in [2.05, 4.69) is 4.98 Å². The Balaban J connectivity index is 2.51. The van der Waals surface area contributed by atoms with Crippen molar-refractivity contribution < 1.29 is 36.2 Å². The predicted octanol–water partition coefficient (Wildman–Crippen LogP) is 4.68. The Morgan fingerprint density at radius 3 is 1.69 bits per heavy atom. The number of rotatable bonds is 5. The van der Waals surface area contributed by atoms with Crippen LogP contribution in [0.5, 0.6) is 0 Å². The lowest BCUT2D eigenvalue weighted by Crippen LogP contribution is -2.16. The molecule has 0 spiro atoms. The molecule has 2 aromatic rings. The molecule has 9 nitrogen and oxygen atoms in total. The molecule has 0 saturated carbocycles. The van der Waals surface area contributed by atoms with Gasteiger partial charge in [-0.2, -0.15) is 26.3 Å². The Kier molecular flexibility index (Phi) is 5.53. The zero-order valence-corrected chi connectivity index (χ0v) is 14.1. The van der Waals surface area contributed by atoms with Gasteiger partial charge in [-0.1, -0.05) is 0 Å². The van der Waals surface area contributed by atoms with Gasteiger partial charge in [0.05, 0.1) is 21.0 Å². The van der Waals surface area contributed by atoms with Gasteiger partial charge in [0.2, 0.25) is 5.69 Å². The van der Waals surface area contributed by atoms with E-state index in [4.69, 9.17) is 0 Å². The van der Waals surface area contributed by atoms with Crippen molar-refractivity contribution in [2.75, 3.05) is 10.9 Å². The number of hydrogen-bond acceptors (Lipinski definition) is 7. The molecule has 156 valence electrons. The highest BCUT2D eigenvalue weighted by Crippen LogP contribution is 2.41. The first-order valence-electron chi connectivity index (χ1n) is 7.32. The SMILES string of the molecule is Cc1cc(C(F)(F)F)cc(NNc2c([N+](=O)[O-])cc(C(F)(F)F)cc2[N+](=O)[O-])n1. The minimum atomic E-state index is -5.11. The molecule has 1 heterocycles. The molecule has 0 radical (unpaired) electrons. The van der Waals surface area contributed by atoms with Gasteiger partial charge >= 0.3 is 23.7 Å². The number of aryl methyl sites for hydroxylation is 1. The number of nitro groups is 2. The van der Waals surface area contributed by atoms with Crippen LogP contribution in [0.15, 0.2) is 24.3 Å². The third-order valence-electron chi connectivity index (χ3n) is 3.41. The summed E-state index contributed by atoms with van der Waals surface area (Å²) in [5.41, 5.74) is -2.59. The standard InChI is InChI=1S/C14H9F6N5O4/c1-6-2-7(13(15,16)17)5-11(21-6)22-23-12-9(24(26)27)3-8(14(18,19)20)4-10(12)25(28)29/h2-5,23H,1H3,(H,21,22). The van der Waals surface area contributed by atoms with Gasteiger partial charge in [0.25, 0.3) is 0 Å². The zero-order valence-electron chi connectivity index (χ0n) is 14.1. The fraction of sp³-hybridized carbons (Fsp3) is 0.214. The lowest BCUT2D eigenvalue weighted by atomic mass is 10.1. The number of benzene rings is 1. The van der Waals surface area contributed by atoms with Gasteiger partial charge in [-0.15, -0.1) is 0 Å². The van der Waals surface area contributed by atoms with E-state index in [1.165, 1.54) is 6.92 Å². The fourth-order valence-corrected chi connectivity index (χ4v) is 2.21. The number of alkyl halides is 6. The van der Waals surface area contributed by atoms with Gasteiger partial charge in [0.1, 0.15) is 5.82 Å². The Morgan fingerprint density at radius 1 is 0.828 bits per heavy atom. The normalized spacial score (nSPS) is 11.8. The van der Waals surface area contributed by atoms with Crippen molar-refractivity contribution in [1.82, 2.24) is 4.98 Å². The van der Waals surface area contributed by atoms with Crippen LogP contribution in [0, 0.1) is 27.2 Å². The molecular weight excluding hydrogens is 416 g/mol. The number of pyridine rings is 1. The maximum absolute atomic E-state index is 12.9.